The van der Waals surface area contributed by atoms with Crippen LogP contribution >= 0.6 is 0 Å². The zero-order valence-corrected chi connectivity index (χ0v) is 7.97. The van der Waals surface area contributed by atoms with E-state index in [2.05, 4.69) is 12.4 Å². The third-order valence-electron chi connectivity index (χ3n) is 4.73. The molecule has 3 unspecified atom stereocenters. The van der Waals surface area contributed by atoms with Gasteiger partial charge in [-0.05, 0) is 56.9 Å². The van der Waals surface area contributed by atoms with E-state index in [0.29, 0.717) is 5.54 Å². The van der Waals surface area contributed by atoms with E-state index in [1.807, 2.05) is 0 Å². The Labute approximate surface area is 74.9 Å². The maximum Gasteiger partial charge on any atom is 0.0210 e. The van der Waals surface area contributed by atoms with Crippen molar-refractivity contribution in [2.75, 3.05) is 7.05 Å². The van der Waals surface area contributed by atoms with Crippen LogP contribution in [0.4, 0.5) is 0 Å². The Morgan fingerprint density at radius 2 is 2.00 bits per heavy atom. The molecule has 0 aliphatic heterocycles. The highest BCUT2D eigenvalue weighted by molar-refractivity contribution is 5.11. The average Bonchev–Trinajstić information content (AvgIpc) is 2.62. The lowest BCUT2D eigenvalue weighted by Crippen LogP contribution is -2.38. The van der Waals surface area contributed by atoms with E-state index in [0.717, 1.165) is 17.8 Å². The summed E-state index contributed by atoms with van der Waals surface area (Å²) in [7, 11) is 2.17. The zero-order valence-electron chi connectivity index (χ0n) is 7.97. The van der Waals surface area contributed by atoms with Gasteiger partial charge in [-0.2, -0.15) is 0 Å². The third kappa shape index (κ3) is 0.834. The minimum absolute atomic E-state index is 0.625. The van der Waals surface area contributed by atoms with E-state index in [1.54, 1.807) is 25.7 Å². The molecule has 3 saturated carbocycles. The first kappa shape index (κ1) is 7.37. The summed E-state index contributed by atoms with van der Waals surface area (Å²) >= 11 is 0. The number of hydrogen-bond acceptors (Lipinski definition) is 1. The molecule has 3 fully saturated rings. The van der Waals surface area contributed by atoms with Crippen LogP contribution in [-0.2, 0) is 0 Å². The molecule has 0 amide bonds. The molecular weight excluding hydrogens is 146 g/mol. The number of nitrogens with one attached hydrogen (secondary N) is 1. The SMILES string of the molecule is CNC1(C2CC3CCC2C3)CC1. The summed E-state index contributed by atoms with van der Waals surface area (Å²) in [4.78, 5) is 0. The number of fused-ring (bicyclic) bond motifs is 2. The van der Waals surface area contributed by atoms with E-state index < -0.39 is 0 Å². The third-order valence-corrected chi connectivity index (χ3v) is 4.73. The molecule has 0 aromatic rings. The van der Waals surface area contributed by atoms with Crippen molar-refractivity contribution in [2.45, 2.75) is 44.1 Å². The van der Waals surface area contributed by atoms with Crippen molar-refractivity contribution in [1.82, 2.24) is 5.32 Å². The molecule has 0 heterocycles. The van der Waals surface area contributed by atoms with Crippen molar-refractivity contribution in [3.63, 3.8) is 0 Å². The van der Waals surface area contributed by atoms with Crippen molar-refractivity contribution in [1.29, 1.82) is 0 Å². The first-order valence-corrected chi connectivity index (χ1v) is 5.53. The summed E-state index contributed by atoms with van der Waals surface area (Å²) < 4.78 is 0. The molecule has 1 heteroatoms. The van der Waals surface area contributed by atoms with Gasteiger partial charge >= 0.3 is 0 Å². The Kier molecular flexibility index (Phi) is 1.39. The van der Waals surface area contributed by atoms with Crippen molar-refractivity contribution in [3.05, 3.63) is 0 Å². The molecule has 0 aromatic carbocycles. The topological polar surface area (TPSA) is 12.0 Å². The summed E-state index contributed by atoms with van der Waals surface area (Å²) in [6, 6.07) is 0. The number of rotatable bonds is 2. The molecule has 2 bridgehead atoms. The zero-order chi connectivity index (χ0) is 8.18. The van der Waals surface area contributed by atoms with Crippen LogP contribution in [-0.4, -0.2) is 12.6 Å². The molecular formula is C11H19N. The molecule has 3 aliphatic carbocycles. The standard InChI is InChI=1S/C11H19N/c1-12-11(4-5-11)10-7-8-2-3-9(10)6-8/h8-10,12H,2-7H2,1H3. The van der Waals surface area contributed by atoms with Crippen molar-refractivity contribution in [2.24, 2.45) is 17.8 Å². The van der Waals surface area contributed by atoms with Gasteiger partial charge in [-0.1, -0.05) is 6.42 Å². The highest BCUT2D eigenvalue weighted by Crippen LogP contribution is 2.58. The lowest BCUT2D eigenvalue weighted by Gasteiger charge is -2.30. The van der Waals surface area contributed by atoms with E-state index >= 15 is 0 Å². The molecule has 0 aromatic heterocycles. The molecule has 0 saturated heterocycles. The van der Waals surface area contributed by atoms with Crippen LogP contribution < -0.4 is 5.32 Å². The van der Waals surface area contributed by atoms with E-state index in [-0.39, 0.29) is 0 Å². The summed E-state index contributed by atoms with van der Waals surface area (Å²) in [5.74, 6) is 3.28. The predicted molar refractivity (Wildman–Crippen MR) is 50.0 cm³/mol. The smallest absolute Gasteiger partial charge is 0.0210 e. The Morgan fingerprint density at radius 1 is 1.17 bits per heavy atom. The fraction of sp³-hybridized carbons (Fsp3) is 1.00. The minimum atomic E-state index is 0.625. The summed E-state index contributed by atoms with van der Waals surface area (Å²) in [6.07, 6.45) is 9.11. The van der Waals surface area contributed by atoms with Crippen LogP contribution in [0.3, 0.4) is 0 Å². The summed E-state index contributed by atoms with van der Waals surface area (Å²) in [6.45, 7) is 0. The van der Waals surface area contributed by atoms with Crippen LogP contribution in [0.25, 0.3) is 0 Å². The first-order valence-electron chi connectivity index (χ1n) is 5.53. The second-order valence-corrected chi connectivity index (χ2v) is 5.19. The van der Waals surface area contributed by atoms with Crippen LogP contribution in [0.15, 0.2) is 0 Å². The van der Waals surface area contributed by atoms with E-state index in [1.165, 1.54) is 12.8 Å². The van der Waals surface area contributed by atoms with Crippen molar-refractivity contribution in [3.8, 4) is 0 Å². The van der Waals surface area contributed by atoms with Crippen LogP contribution in [0.5, 0.6) is 0 Å². The normalized spacial score (nSPS) is 48.2. The average molecular weight is 165 g/mol. The van der Waals surface area contributed by atoms with Gasteiger partial charge in [-0.15, -0.1) is 0 Å². The van der Waals surface area contributed by atoms with E-state index in [9.17, 15) is 0 Å². The van der Waals surface area contributed by atoms with Crippen LogP contribution in [0, 0.1) is 17.8 Å². The Bertz CT molecular complexity index is 195. The minimum Gasteiger partial charge on any atom is -0.314 e. The maximum atomic E-state index is 3.58. The quantitative estimate of drug-likeness (QED) is 0.661. The maximum absolute atomic E-state index is 3.58. The van der Waals surface area contributed by atoms with Crippen molar-refractivity contribution < 1.29 is 0 Å². The summed E-state index contributed by atoms with van der Waals surface area (Å²) in [5, 5.41) is 3.58. The highest BCUT2D eigenvalue weighted by atomic mass is 15.0. The van der Waals surface area contributed by atoms with Gasteiger partial charge in [-0.3, -0.25) is 0 Å². The van der Waals surface area contributed by atoms with Crippen LogP contribution in [0.2, 0.25) is 0 Å². The van der Waals surface area contributed by atoms with Gasteiger partial charge in [0.05, 0.1) is 0 Å². The molecule has 68 valence electrons. The van der Waals surface area contributed by atoms with Gasteiger partial charge in [-0.25, -0.2) is 0 Å². The van der Waals surface area contributed by atoms with Gasteiger partial charge < -0.3 is 5.32 Å². The first-order chi connectivity index (χ1) is 5.84. The largest absolute Gasteiger partial charge is 0.314 e. The van der Waals surface area contributed by atoms with Gasteiger partial charge in [0.1, 0.15) is 0 Å². The van der Waals surface area contributed by atoms with Gasteiger partial charge in [0.15, 0.2) is 0 Å². The van der Waals surface area contributed by atoms with Crippen molar-refractivity contribution >= 4 is 0 Å². The lowest BCUT2D eigenvalue weighted by molar-refractivity contribution is 0.241. The molecule has 12 heavy (non-hydrogen) atoms. The predicted octanol–water partition coefficient (Wildman–Crippen LogP) is 2.17. The Hall–Kier alpha value is -0.0400. The number of hydrogen-bond donors (Lipinski definition) is 1. The van der Waals surface area contributed by atoms with Gasteiger partial charge in [0, 0.05) is 5.54 Å². The van der Waals surface area contributed by atoms with Crippen LogP contribution in [0.1, 0.15) is 38.5 Å². The second kappa shape index (κ2) is 2.25. The monoisotopic (exact) mass is 165 g/mol. The Balaban J connectivity index is 1.78. The Morgan fingerprint density at radius 3 is 2.42 bits per heavy atom. The molecule has 0 spiro atoms. The molecule has 3 rings (SSSR count). The molecule has 1 nitrogen and oxygen atoms in total. The van der Waals surface area contributed by atoms with E-state index in [4.69, 9.17) is 0 Å². The molecule has 3 atom stereocenters. The fourth-order valence-corrected chi connectivity index (χ4v) is 3.86. The van der Waals surface area contributed by atoms with Gasteiger partial charge in [0.2, 0.25) is 0 Å². The molecule has 1 N–H and O–H groups in total. The molecule has 0 radical (unpaired) electrons. The fourth-order valence-electron chi connectivity index (χ4n) is 3.86. The van der Waals surface area contributed by atoms with Gasteiger partial charge in [0.25, 0.3) is 0 Å². The second-order valence-electron chi connectivity index (χ2n) is 5.19. The summed E-state index contributed by atoms with van der Waals surface area (Å²) in [5.41, 5.74) is 0.625. The lowest BCUT2D eigenvalue weighted by atomic mass is 9.81. The molecule has 3 aliphatic rings. The highest BCUT2D eigenvalue weighted by Gasteiger charge is 2.55.